The number of nitrogens with zero attached hydrogens (tertiary/aromatic N) is 2. The molecule has 0 aliphatic heterocycles. The van der Waals surface area contributed by atoms with Gasteiger partial charge in [-0.2, -0.15) is 0 Å². The van der Waals surface area contributed by atoms with Crippen LogP contribution in [-0.4, -0.2) is 38.7 Å². The number of thioether (sulfide) groups is 1. The van der Waals surface area contributed by atoms with Crippen LogP contribution < -0.4 is 14.4 Å². The molecule has 0 saturated carbocycles. The largest absolute Gasteiger partial charge is 0.492 e. The molecule has 32 heavy (non-hydrogen) atoms. The lowest BCUT2D eigenvalue weighted by atomic mass is 10.3. The van der Waals surface area contributed by atoms with Gasteiger partial charge in [0.25, 0.3) is 10.0 Å². The van der Waals surface area contributed by atoms with E-state index in [-0.39, 0.29) is 11.4 Å². The van der Waals surface area contributed by atoms with E-state index >= 15 is 0 Å². The normalized spacial score (nSPS) is 11.1. The summed E-state index contributed by atoms with van der Waals surface area (Å²) in [5.74, 6) is -0.0520. The lowest BCUT2D eigenvalue weighted by Gasteiger charge is -2.26. The Morgan fingerprint density at radius 1 is 1.09 bits per heavy atom. The zero-order valence-corrected chi connectivity index (χ0v) is 19.5. The number of hydrogen-bond donors (Lipinski definition) is 1. The molecule has 0 aliphatic rings. The molecule has 1 aromatic heterocycles. The van der Waals surface area contributed by atoms with E-state index in [0.29, 0.717) is 18.0 Å². The van der Waals surface area contributed by atoms with E-state index < -0.39 is 22.5 Å². The van der Waals surface area contributed by atoms with E-state index in [1.807, 2.05) is 19.2 Å². The number of aromatic nitrogens is 1. The lowest BCUT2D eigenvalue weighted by Crippen LogP contribution is -2.40. The predicted octanol–water partition coefficient (Wildman–Crippen LogP) is 3.71. The molecule has 3 aromatic rings. The van der Waals surface area contributed by atoms with Gasteiger partial charge in [-0.3, -0.25) is 14.1 Å². The molecule has 0 saturated heterocycles. The maximum absolute atomic E-state index is 13.6. The van der Waals surface area contributed by atoms with Crippen LogP contribution in [-0.2, 0) is 21.4 Å². The summed E-state index contributed by atoms with van der Waals surface area (Å²) in [7, 11) is -4.03. The summed E-state index contributed by atoms with van der Waals surface area (Å²) in [6, 6.07) is 17.0. The van der Waals surface area contributed by atoms with Crippen LogP contribution in [0.15, 0.2) is 82.8 Å². The molecule has 2 aromatic carbocycles. The smallest absolute Gasteiger partial charge is 0.264 e. The monoisotopic (exact) mass is 471 g/mol. The maximum atomic E-state index is 13.6. The van der Waals surface area contributed by atoms with Crippen LogP contribution in [0.3, 0.4) is 0 Å². The average Bonchev–Trinajstić information content (AvgIpc) is 2.82. The van der Waals surface area contributed by atoms with Crippen LogP contribution in [0.5, 0.6) is 5.75 Å². The number of nitrogens with one attached hydrogen (secondary N) is 1. The number of anilines is 1. The third kappa shape index (κ3) is 5.80. The average molecular weight is 472 g/mol. The number of benzene rings is 2. The third-order valence-electron chi connectivity index (χ3n) is 4.58. The topological polar surface area (TPSA) is 88.6 Å². The number of pyridine rings is 1. The number of amides is 1. The van der Waals surface area contributed by atoms with Crippen LogP contribution in [0.2, 0.25) is 0 Å². The fourth-order valence-corrected chi connectivity index (χ4v) is 4.84. The molecule has 0 unspecified atom stereocenters. The summed E-state index contributed by atoms with van der Waals surface area (Å²) in [4.78, 5) is 17.8. The van der Waals surface area contributed by atoms with Gasteiger partial charge in [0.05, 0.1) is 17.2 Å². The molecule has 168 valence electrons. The van der Waals surface area contributed by atoms with Gasteiger partial charge in [-0.1, -0.05) is 18.2 Å². The van der Waals surface area contributed by atoms with Crippen LogP contribution in [0, 0.1) is 0 Å². The molecule has 0 spiro atoms. The summed E-state index contributed by atoms with van der Waals surface area (Å²) in [6.07, 6.45) is 5.21. The molecule has 1 amide bonds. The van der Waals surface area contributed by atoms with Crippen molar-refractivity contribution in [1.29, 1.82) is 0 Å². The van der Waals surface area contributed by atoms with Crippen LogP contribution in [0.1, 0.15) is 12.5 Å². The molecule has 1 heterocycles. The number of carbonyl (C=O) groups is 1. The molecule has 0 aliphatic carbocycles. The number of hydrogen-bond acceptors (Lipinski definition) is 6. The number of ether oxygens (including phenoxy) is 1. The van der Waals surface area contributed by atoms with Crippen LogP contribution in [0.4, 0.5) is 5.69 Å². The highest BCUT2D eigenvalue weighted by molar-refractivity contribution is 7.98. The second-order valence-electron chi connectivity index (χ2n) is 6.73. The standard InChI is InChI=1S/C23H25N3O4S2/c1-3-30-22-9-5-4-8-21(22)26(17-23(27)25-16-18-7-6-14-24-15-18)32(28,29)20-12-10-19(31-2)11-13-20/h4-15H,3,16-17H2,1-2H3,(H,25,27). The van der Waals surface area contributed by atoms with Gasteiger partial charge in [0.1, 0.15) is 12.3 Å². The van der Waals surface area contributed by atoms with E-state index in [1.165, 1.54) is 11.8 Å². The van der Waals surface area contributed by atoms with E-state index in [9.17, 15) is 13.2 Å². The molecule has 0 fully saturated rings. The van der Waals surface area contributed by atoms with Gasteiger partial charge >= 0.3 is 0 Å². The molecule has 0 bridgehead atoms. The van der Waals surface area contributed by atoms with E-state index in [2.05, 4.69) is 10.3 Å². The highest BCUT2D eigenvalue weighted by Gasteiger charge is 2.29. The summed E-state index contributed by atoms with van der Waals surface area (Å²) >= 11 is 1.52. The van der Waals surface area contributed by atoms with Gasteiger partial charge in [0, 0.05) is 23.8 Å². The summed E-state index contributed by atoms with van der Waals surface area (Å²) in [5.41, 5.74) is 1.12. The minimum Gasteiger partial charge on any atom is -0.492 e. The Bertz CT molecular complexity index is 1140. The third-order valence-corrected chi connectivity index (χ3v) is 7.10. The second kappa shape index (κ2) is 11.0. The summed E-state index contributed by atoms with van der Waals surface area (Å²) in [6.45, 7) is 2.03. The van der Waals surface area contributed by atoms with Crippen molar-refractivity contribution >= 4 is 33.4 Å². The minimum atomic E-state index is -4.03. The van der Waals surface area contributed by atoms with Crippen LogP contribution >= 0.6 is 11.8 Å². The van der Waals surface area contributed by atoms with Gasteiger partial charge < -0.3 is 10.1 Å². The quantitative estimate of drug-likeness (QED) is 0.454. The molecule has 9 heteroatoms. The molecule has 1 N–H and O–H groups in total. The Balaban J connectivity index is 1.93. The first-order valence-electron chi connectivity index (χ1n) is 10.00. The van der Waals surface area contributed by atoms with E-state index in [0.717, 1.165) is 14.8 Å². The fourth-order valence-electron chi connectivity index (χ4n) is 3.00. The fraction of sp³-hybridized carbons (Fsp3) is 0.217. The Hall–Kier alpha value is -3.04. The van der Waals surface area contributed by atoms with E-state index in [1.54, 1.807) is 67.0 Å². The van der Waals surface area contributed by atoms with Crippen LogP contribution in [0.25, 0.3) is 0 Å². The molecular weight excluding hydrogens is 446 g/mol. The second-order valence-corrected chi connectivity index (χ2v) is 9.47. The van der Waals surface area contributed by atoms with Gasteiger partial charge in [-0.05, 0) is 61.2 Å². The first kappa shape index (κ1) is 23.6. The number of para-hydroxylation sites is 2. The number of carbonyl (C=O) groups excluding carboxylic acids is 1. The van der Waals surface area contributed by atoms with Gasteiger partial charge in [-0.15, -0.1) is 11.8 Å². The Labute approximate surface area is 192 Å². The van der Waals surface area contributed by atoms with Crippen molar-refractivity contribution in [1.82, 2.24) is 10.3 Å². The van der Waals surface area contributed by atoms with Crippen molar-refractivity contribution in [2.24, 2.45) is 0 Å². The Morgan fingerprint density at radius 3 is 2.50 bits per heavy atom. The predicted molar refractivity (Wildman–Crippen MR) is 126 cm³/mol. The molecule has 7 nitrogen and oxygen atoms in total. The first-order valence-corrected chi connectivity index (χ1v) is 12.7. The molecule has 0 radical (unpaired) electrons. The lowest BCUT2D eigenvalue weighted by molar-refractivity contribution is -0.119. The Kier molecular flexibility index (Phi) is 8.13. The number of rotatable bonds is 10. The van der Waals surface area contributed by atoms with Crippen molar-refractivity contribution in [3.8, 4) is 5.75 Å². The molecule has 0 atom stereocenters. The number of sulfonamides is 1. The highest BCUT2D eigenvalue weighted by atomic mass is 32.2. The zero-order valence-electron chi connectivity index (χ0n) is 17.9. The summed E-state index contributed by atoms with van der Waals surface area (Å²) in [5, 5.41) is 2.76. The van der Waals surface area contributed by atoms with Gasteiger partial charge in [-0.25, -0.2) is 8.42 Å². The summed E-state index contributed by atoms with van der Waals surface area (Å²) < 4.78 is 33.9. The highest BCUT2D eigenvalue weighted by Crippen LogP contribution is 2.32. The maximum Gasteiger partial charge on any atom is 0.264 e. The van der Waals surface area contributed by atoms with E-state index in [4.69, 9.17) is 4.74 Å². The first-order chi connectivity index (χ1) is 15.5. The van der Waals surface area contributed by atoms with Crippen molar-refractivity contribution in [2.45, 2.75) is 23.3 Å². The van der Waals surface area contributed by atoms with Gasteiger partial charge in [0.15, 0.2) is 0 Å². The van der Waals surface area contributed by atoms with Gasteiger partial charge in [0.2, 0.25) is 5.91 Å². The van der Waals surface area contributed by atoms with Crippen molar-refractivity contribution in [3.63, 3.8) is 0 Å². The van der Waals surface area contributed by atoms with Crippen molar-refractivity contribution < 1.29 is 17.9 Å². The Morgan fingerprint density at radius 2 is 1.84 bits per heavy atom. The minimum absolute atomic E-state index is 0.0988. The van der Waals surface area contributed by atoms with Crippen molar-refractivity contribution in [2.75, 3.05) is 23.7 Å². The molecule has 3 rings (SSSR count). The molecular formula is C23H25N3O4S2. The zero-order chi connectivity index (χ0) is 23.0. The SMILES string of the molecule is CCOc1ccccc1N(CC(=O)NCc1cccnc1)S(=O)(=O)c1ccc(SC)cc1. The van der Waals surface area contributed by atoms with Crippen molar-refractivity contribution in [3.05, 3.63) is 78.6 Å².